The van der Waals surface area contributed by atoms with Gasteiger partial charge in [-0.25, -0.2) is 0 Å². The standard InChI is InChI=1S/C3H3NO3P/c4-2-1-3-6-8(5)7-3/h3H,1H2/q+1. The van der Waals surface area contributed by atoms with Crippen molar-refractivity contribution in [1.82, 2.24) is 0 Å². The Morgan fingerprint density at radius 2 is 2.38 bits per heavy atom. The van der Waals surface area contributed by atoms with Crippen LogP contribution in [0.4, 0.5) is 0 Å². The molecular weight excluding hydrogens is 129 g/mol. The fraction of sp³-hybridized carbons (Fsp3) is 0.667. The minimum Gasteiger partial charge on any atom is -0.198 e. The van der Waals surface area contributed by atoms with Gasteiger partial charge < -0.3 is 0 Å². The van der Waals surface area contributed by atoms with Crippen LogP contribution in [0.1, 0.15) is 6.42 Å². The van der Waals surface area contributed by atoms with Crippen LogP contribution in [0.15, 0.2) is 0 Å². The monoisotopic (exact) mass is 132 g/mol. The van der Waals surface area contributed by atoms with Gasteiger partial charge in [0.25, 0.3) is 6.29 Å². The molecule has 0 amide bonds. The molecule has 8 heavy (non-hydrogen) atoms. The summed E-state index contributed by atoms with van der Waals surface area (Å²) in [7, 11) is -1.87. The second-order valence-corrected chi connectivity index (χ2v) is 2.10. The Morgan fingerprint density at radius 3 is 2.75 bits per heavy atom. The van der Waals surface area contributed by atoms with E-state index < -0.39 is 14.5 Å². The molecule has 0 atom stereocenters. The first kappa shape index (κ1) is 5.64. The molecule has 42 valence electrons. The van der Waals surface area contributed by atoms with E-state index in [1.165, 1.54) is 0 Å². The molecule has 4 nitrogen and oxygen atoms in total. The van der Waals surface area contributed by atoms with Crippen LogP contribution < -0.4 is 0 Å². The number of nitriles is 1. The van der Waals surface area contributed by atoms with Crippen molar-refractivity contribution in [2.24, 2.45) is 0 Å². The minimum absolute atomic E-state index is 0.154. The summed E-state index contributed by atoms with van der Waals surface area (Å²) in [6.07, 6.45) is -0.384. The Bertz CT molecular complexity index is 143. The van der Waals surface area contributed by atoms with Crippen LogP contribution in [-0.4, -0.2) is 6.29 Å². The average molecular weight is 132 g/mol. The zero-order chi connectivity index (χ0) is 5.98. The maximum Gasteiger partial charge on any atom is 0.703 e. The third kappa shape index (κ3) is 1.01. The fourth-order valence-corrected chi connectivity index (χ4v) is 0.898. The maximum absolute atomic E-state index is 9.98. The summed E-state index contributed by atoms with van der Waals surface area (Å²) in [4.78, 5) is 0. The Morgan fingerprint density at radius 1 is 1.75 bits per heavy atom. The lowest BCUT2D eigenvalue weighted by Gasteiger charge is -2.04. The summed E-state index contributed by atoms with van der Waals surface area (Å²) in [5, 5.41) is 7.98. The fourth-order valence-electron chi connectivity index (χ4n) is 0.349. The SMILES string of the molecule is N#CCC1O[P+](=O)O1. The first-order valence-electron chi connectivity index (χ1n) is 2.00. The molecule has 0 aromatic rings. The highest BCUT2D eigenvalue weighted by atomic mass is 31.1. The molecule has 1 rings (SSSR count). The van der Waals surface area contributed by atoms with E-state index in [1.807, 2.05) is 6.07 Å². The van der Waals surface area contributed by atoms with Gasteiger partial charge in [0.05, 0.1) is 12.5 Å². The predicted octanol–water partition coefficient (Wildman–Crippen LogP) is 0.930. The summed E-state index contributed by atoms with van der Waals surface area (Å²) in [5.74, 6) is 0. The number of nitrogens with zero attached hydrogens (tertiary/aromatic N) is 1. The first-order valence-corrected chi connectivity index (χ1v) is 3.10. The summed E-state index contributed by atoms with van der Waals surface area (Å²) < 4.78 is 18.9. The van der Waals surface area contributed by atoms with Crippen LogP contribution in [0.5, 0.6) is 0 Å². The van der Waals surface area contributed by atoms with Gasteiger partial charge in [-0.2, -0.15) is 5.26 Å². The van der Waals surface area contributed by atoms with Gasteiger partial charge in [-0.15, -0.1) is 0 Å². The van der Waals surface area contributed by atoms with E-state index >= 15 is 0 Å². The lowest BCUT2D eigenvalue weighted by atomic mass is 10.5. The van der Waals surface area contributed by atoms with E-state index in [4.69, 9.17) is 5.26 Å². The lowest BCUT2D eigenvalue weighted by molar-refractivity contribution is -0.0723. The summed E-state index contributed by atoms with van der Waals surface area (Å²) in [6.45, 7) is 0. The quantitative estimate of drug-likeness (QED) is 0.498. The van der Waals surface area contributed by atoms with E-state index in [9.17, 15) is 4.57 Å². The third-order valence-corrected chi connectivity index (χ3v) is 1.48. The Kier molecular flexibility index (Phi) is 1.54. The lowest BCUT2D eigenvalue weighted by Crippen LogP contribution is -2.18. The second-order valence-electron chi connectivity index (χ2n) is 1.23. The molecule has 0 aromatic heterocycles. The van der Waals surface area contributed by atoms with Crippen LogP contribution in [0.25, 0.3) is 0 Å². The van der Waals surface area contributed by atoms with Gasteiger partial charge in [-0.3, -0.25) is 0 Å². The molecule has 0 saturated carbocycles. The van der Waals surface area contributed by atoms with Crippen LogP contribution in [-0.2, 0) is 13.6 Å². The van der Waals surface area contributed by atoms with Gasteiger partial charge in [-0.1, -0.05) is 9.05 Å². The number of hydrogen-bond donors (Lipinski definition) is 0. The number of hydrogen-bond acceptors (Lipinski definition) is 4. The smallest absolute Gasteiger partial charge is 0.198 e. The van der Waals surface area contributed by atoms with Gasteiger partial charge in [0, 0.05) is 4.57 Å². The molecule has 0 spiro atoms. The van der Waals surface area contributed by atoms with E-state index in [2.05, 4.69) is 9.05 Å². The van der Waals surface area contributed by atoms with Crippen LogP contribution in [0.2, 0.25) is 0 Å². The van der Waals surface area contributed by atoms with Gasteiger partial charge in [0.1, 0.15) is 0 Å². The van der Waals surface area contributed by atoms with Crippen molar-refractivity contribution >= 4 is 8.25 Å². The largest absolute Gasteiger partial charge is 0.703 e. The Balaban J connectivity index is 2.18. The summed E-state index contributed by atoms with van der Waals surface area (Å²) in [6, 6.07) is 1.81. The van der Waals surface area contributed by atoms with Gasteiger partial charge in [-0.05, 0) is 0 Å². The molecule has 0 radical (unpaired) electrons. The van der Waals surface area contributed by atoms with E-state index in [1.54, 1.807) is 0 Å². The highest BCUT2D eigenvalue weighted by molar-refractivity contribution is 7.34. The van der Waals surface area contributed by atoms with Crippen molar-refractivity contribution in [2.45, 2.75) is 12.7 Å². The normalized spacial score (nSPS) is 30.9. The third-order valence-electron chi connectivity index (χ3n) is 0.665. The van der Waals surface area contributed by atoms with Gasteiger partial charge in [0.15, 0.2) is 0 Å². The topological polar surface area (TPSA) is 59.3 Å². The predicted molar refractivity (Wildman–Crippen MR) is 23.8 cm³/mol. The molecule has 0 unspecified atom stereocenters. The van der Waals surface area contributed by atoms with Gasteiger partial charge >= 0.3 is 8.25 Å². The van der Waals surface area contributed by atoms with Crippen molar-refractivity contribution in [3.63, 3.8) is 0 Å². The highest BCUT2D eigenvalue weighted by Crippen LogP contribution is 2.40. The molecule has 1 heterocycles. The van der Waals surface area contributed by atoms with Crippen molar-refractivity contribution in [2.75, 3.05) is 0 Å². The molecule has 1 aliphatic heterocycles. The summed E-state index contributed by atoms with van der Waals surface area (Å²) in [5.41, 5.74) is 0. The number of rotatable bonds is 1. The van der Waals surface area contributed by atoms with E-state index in [-0.39, 0.29) is 6.42 Å². The van der Waals surface area contributed by atoms with Crippen molar-refractivity contribution < 1.29 is 13.6 Å². The van der Waals surface area contributed by atoms with Crippen molar-refractivity contribution in [3.8, 4) is 6.07 Å². The van der Waals surface area contributed by atoms with Crippen LogP contribution in [0.3, 0.4) is 0 Å². The molecule has 0 N–H and O–H groups in total. The first-order chi connectivity index (χ1) is 3.83. The molecule has 0 aromatic carbocycles. The van der Waals surface area contributed by atoms with E-state index in [0.29, 0.717) is 0 Å². The molecule has 0 bridgehead atoms. The highest BCUT2D eigenvalue weighted by Gasteiger charge is 2.45. The molecule has 1 fully saturated rings. The van der Waals surface area contributed by atoms with Crippen LogP contribution >= 0.6 is 8.25 Å². The van der Waals surface area contributed by atoms with E-state index in [0.717, 1.165) is 0 Å². The molecule has 5 heteroatoms. The maximum atomic E-state index is 9.98. The zero-order valence-electron chi connectivity index (χ0n) is 3.90. The average Bonchev–Trinajstić information content (AvgIpc) is 1.64. The molecule has 1 aliphatic rings. The Labute approximate surface area is 47.0 Å². The molecular formula is C3H3NO3P+. The van der Waals surface area contributed by atoms with Crippen molar-refractivity contribution in [3.05, 3.63) is 0 Å². The van der Waals surface area contributed by atoms with Crippen LogP contribution in [0, 0.1) is 11.3 Å². The second kappa shape index (κ2) is 2.19. The summed E-state index contributed by atoms with van der Waals surface area (Å²) >= 11 is 0. The van der Waals surface area contributed by atoms with Gasteiger partial charge in [0.2, 0.25) is 0 Å². The molecule has 0 aliphatic carbocycles. The zero-order valence-corrected chi connectivity index (χ0v) is 4.80. The minimum atomic E-state index is -1.87. The Hall–Kier alpha value is -0.490. The molecule has 1 saturated heterocycles. The van der Waals surface area contributed by atoms with Crippen molar-refractivity contribution in [1.29, 1.82) is 5.26 Å².